The van der Waals surface area contributed by atoms with E-state index >= 15 is 0 Å². The van der Waals surface area contributed by atoms with Gasteiger partial charge in [-0.1, -0.05) is 20.4 Å². The van der Waals surface area contributed by atoms with Gasteiger partial charge in [0.05, 0.1) is 17.9 Å². The van der Waals surface area contributed by atoms with E-state index in [4.69, 9.17) is 13.7 Å². The van der Waals surface area contributed by atoms with Crippen molar-refractivity contribution in [3.63, 3.8) is 0 Å². The fraction of sp³-hybridized carbons (Fsp3) is 0.750. The first kappa shape index (κ1) is 18.3. The zero-order chi connectivity index (χ0) is 18.4. The van der Waals surface area contributed by atoms with Crippen LogP contribution in [0.15, 0.2) is 12.7 Å². The van der Waals surface area contributed by atoms with Gasteiger partial charge < -0.3 is 14.8 Å². The lowest BCUT2D eigenvalue weighted by Gasteiger charge is -2.26. The van der Waals surface area contributed by atoms with E-state index in [-0.39, 0.29) is 42.9 Å². The second kappa shape index (κ2) is 6.37. The molecule has 9 heteroatoms. The van der Waals surface area contributed by atoms with Crippen molar-refractivity contribution in [1.29, 1.82) is 0 Å². The number of hydrogen-bond acceptors (Lipinski definition) is 7. The molecule has 2 aliphatic carbocycles. The van der Waals surface area contributed by atoms with Gasteiger partial charge in [0.1, 0.15) is 19.3 Å². The van der Waals surface area contributed by atoms with Crippen molar-refractivity contribution < 1.29 is 31.7 Å². The zero-order valence-electron chi connectivity index (χ0n) is 14.3. The van der Waals surface area contributed by atoms with E-state index in [1.165, 1.54) is 0 Å². The van der Waals surface area contributed by atoms with Crippen LogP contribution in [0.5, 0.6) is 0 Å². The van der Waals surface area contributed by atoms with Crippen LogP contribution in [0, 0.1) is 17.3 Å². The molecule has 8 nitrogen and oxygen atoms in total. The van der Waals surface area contributed by atoms with E-state index < -0.39 is 33.5 Å². The lowest BCUT2D eigenvalue weighted by molar-refractivity contribution is -0.154. The van der Waals surface area contributed by atoms with Gasteiger partial charge in [0, 0.05) is 5.92 Å². The summed E-state index contributed by atoms with van der Waals surface area (Å²) in [7, 11) is -3.55. The first-order valence-electron chi connectivity index (χ1n) is 8.28. The van der Waals surface area contributed by atoms with Crippen LogP contribution in [0.1, 0.15) is 20.3 Å². The van der Waals surface area contributed by atoms with Crippen molar-refractivity contribution in [3.8, 4) is 0 Å². The smallest absolute Gasteiger partial charge is 0.332 e. The van der Waals surface area contributed by atoms with Crippen molar-refractivity contribution in [2.75, 3.05) is 19.8 Å². The average molecular weight is 373 g/mol. The fourth-order valence-electron chi connectivity index (χ4n) is 4.52. The van der Waals surface area contributed by atoms with Gasteiger partial charge in [0.2, 0.25) is 5.91 Å². The second-order valence-electron chi connectivity index (χ2n) is 7.27. The van der Waals surface area contributed by atoms with Gasteiger partial charge in [-0.3, -0.25) is 8.98 Å². The van der Waals surface area contributed by atoms with Crippen molar-refractivity contribution in [1.82, 2.24) is 5.32 Å². The Bertz CT molecular complexity index is 687. The molecule has 25 heavy (non-hydrogen) atoms. The highest BCUT2D eigenvalue weighted by atomic mass is 32.2. The SMILES string of the molecule is C=CC(=O)NCCOC(=O)COC1C2OS(=O)(=O)C3CC1C(C)(C)C23. The number of nitrogens with one attached hydrogen (secondary N) is 1. The number of amides is 1. The van der Waals surface area contributed by atoms with Gasteiger partial charge in [0.15, 0.2) is 0 Å². The Morgan fingerprint density at radius 1 is 1.40 bits per heavy atom. The molecule has 140 valence electrons. The van der Waals surface area contributed by atoms with Crippen LogP contribution in [-0.4, -0.2) is 57.5 Å². The monoisotopic (exact) mass is 373 g/mol. The molecule has 1 heterocycles. The number of carbonyl (C=O) groups excluding carboxylic acids is 2. The lowest BCUT2D eigenvalue weighted by atomic mass is 9.81. The Morgan fingerprint density at radius 3 is 2.80 bits per heavy atom. The summed E-state index contributed by atoms with van der Waals surface area (Å²) in [5.74, 6) is -0.974. The summed E-state index contributed by atoms with van der Waals surface area (Å²) in [4.78, 5) is 22.7. The molecule has 2 saturated carbocycles. The normalized spacial score (nSPS) is 36.2. The molecular weight excluding hydrogens is 350 g/mol. The molecule has 5 unspecified atom stereocenters. The molecule has 0 aromatic carbocycles. The molecule has 0 radical (unpaired) electrons. The highest BCUT2D eigenvalue weighted by Gasteiger charge is 2.72. The van der Waals surface area contributed by atoms with Crippen molar-refractivity contribution in [3.05, 3.63) is 12.7 Å². The molecule has 0 aromatic rings. The largest absolute Gasteiger partial charge is 0.462 e. The maximum absolute atomic E-state index is 12.1. The molecule has 5 atom stereocenters. The highest BCUT2D eigenvalue weighted by Crippen LogP contribution is 2.64. The topological polar surface area (TPSA) is 108 Å². The molecule has 3 fully saturated rings. The highest BCUT2D eigenvalue weighted by molar-refractivity contribution is 7.87. The number of rotatable bonds is 7. The summed E-state index contributed by atoms with van der Waals surface area (Å²) >= 11 is 0. The summed E-state index contributed by atoms with van der Waals surface area (Å²) in [6.45, 7) is 7.31. The first-order chi connectivity index (χ1) is 11.7. The number of ether oxygens (including phenoxy) is 2. The van der Waals surface area contributed by atoms with Crippen LogP contribution >= 0.6 is 0 Å². The molecule has 1 amide bonds. The second-order valence-corrected chi connectivity index (χ2v) is 9.06. The number of carbonyl (C=O) groups is 2. The quantitative estimate of drug-likeness (QED) is 0.289. The Kier molecular flexibility index (Phi) is 4.67. The van der Waals surface area contributed by atoms with Crippen LogP contribution in [-0.2, 0) is 33.4 Å². The number of hydrogen-bond donors (Lipinski definition) is 1. The zero-order valence-corrected chi connectivity index (χ0v) is 15.1. The van der Waals surface area contributed by atoms with Crippen molar-refractivity contribution in [2.45, 2.75) is 37.7 Å². The molecule has 3 rings (SSSR count). The summed E-state index contributed by atoms with van der Waals surface area (Å²) in [6, 6.07) is 0. The Labute approximate surface area is 147 Å². The Hall–Kier alpha value is -1.45. The van der Waals surface area contributed by atoms with Gasteiger partial charge in [-0.05, 0) is 23.8 Å². The van der Waals surface area contributed by atoms with E-state index in [9.17, 15) is 18.0 Å². The minimum atomic E-state index is -3.55. The summed E-state index contributed by atoms with van der Waals surface area (Å²) in [5, 5.41) is 2.03. The third-order valence-electron chi connectivity index (χ3n) is 5.64. The maximum atomic E-state index is 12.1. The Balaban J connectivity index is 1.50. The van der Waals surface area contributed by atoms with Crippen LogP contribution in [0.3, 0.4) is 0 Å². The number of fused-ring (bicyclic) bond motifs is 1. The Morgan fingerprint density at radius 2 is 2.12 bits per heavy atom. The maximum Gasteiger partial charge on any atom is 0.332 e. The third-order valence-corrected chi connectivity index (χ3v) is 7.35. The predicted molar refractivity (Wildman–Crippen MR) is 86.9 cm³/mol. The van der Waals surface area contributed by atoms with Gasteiger partial charge in [-0.15, -0.1) is 0 Å². The fourth-order valence-corrected chi connectivity index (χ4v) is 6.51. The van der Waals surface area contributed by atoms with Crippen molar-refractivity contribution in [2.24, 2.45) is 17.3 Å². The summed E-state index contributed by atoms with van der Waals surface area (Å²) in [5.41, 5.74) is -0.206. The van der Waals surface area contributed by atoms with E-state index in [1.54, 1.807) is 0 Å². The average Bonchev–Trinajstić information content (AvgIpc) is 3.01. The van der Waals surface area contributed by atoms with E-state index in [0.717, 1.165) is 6.08 Å². The van der Waals surface area contributed by atoms with Crippen LogP contribution < -0.4 is 5.32 Å². The van der Waals surface area contributed by atoms with E-state index in [0.29, 0.717) is 6.42 Å². The summed E-state index contributed by atoms with van der Waals surface area (Å²) in [6.07, 6.45) is 0.680. The third kappa shape index (κ3) is 3.09. The molecule has 2 bridgehead atoms. The molecular formula is C16H23NO7S. The number of esters is 1. The van der Waals surface area contributed by atoms with Gasteiger partial charge >= 0.3 is 5.97 Å². The molecule has 3 aliphatic rings. The van der Waals surface area contributed by atoms with Crippen LogP contribution in [0.4, 0.5) is 0 Å². The predicted octanol–water partition coefficient (Wildman–Crippen LogP) is -0.00990. The molecule has 0 spiro atoms. The van der Waals surface area contributed by atoms with Gasteiger partial charge in [-0.2, -0.15) is 8.42 Å². The minimum absolute atomic E-state index is 0.0281. The molecule has 0 aromatic heterocycles. The standard InChI is InChI=1S/C16H23NO7S/c1-4-11(18)17-5-6-22-12(19)8-23-14-9-7-10-13(16(9,2)3)15(14)24-25(10,20)21/h4,9-10,13-15H,1,5-8H2,2-3H3,(H,17,18). The van der Waals surface area contributed by atoms with E-state index in [2.05, 4.69) is 11.9 Å². The van der Waals surface area contributed by atoms with Crippen LogP contribution in [0.25, 0.3) is 0 Å². The summed E-state index contributed by atoms with van der Waals surface area (Å²) < 4.78 is 40.1. The van der Waals surface area contributed by atoms with Gasteiger partial charge in [-0.25, -0.2) is 4.79 Å². The van der Waals surface area contributed by atoms with Crippen molar-refractivity contribution >= 4 is 22.0 Å². The van der Waals surface area contributed by atoms with Gasteiger partial charge in [0.25, 0.3) is 10.1 Å². The lowest BCUT2D eigenvalue weighted by Crippen LogP contribution is -2.37. The first-order valence-corrected chi connectivity index (χ1v) is 9.75. The molecule has 1 N–H and O–H groups in total. The molecule has 1 aliphatic heterocycles. The minimum Gasteiger partial charge on any atom is -0.462 e. The van der Waals surface area contributed by atoms with Crippen LogP contribution in [0.2, 0.25) is 0 Å². The molecule has 1 saturated heterocycles. The van der Waals surface area contributed by atoms with E-state index in [1.807, 2.05) is 13.8 Å².